The third-order valence-corrected chi connectivity index (χ3v) is 8.18. The Morgan fingerprint density at radius 3 is 2.03 bits per heavy atom. The molecule has 39 heavy (non-hydrogen) atoms. The van der Waals surface area contributed by atoms with Crippen molar-refractivity contribution in [3.05, 3.63) is 120 Å². The van der Waals surface area contributed by atoms with Crippen LogP contribution in [0, 0.1) is 5.92 Å². The highest BCUT2D eigenvalue weighted by Crippen LogP contribution is 2.49. The number of hydrogen-bond acceptors (Lipinski definition) is 7. The summed E-state index contributed by atoms with van der Waals surface area (Å²) < 4.78 is 31.9. The highest BCUT2D eigenvalue weighted by atomic mass is 35.5. The molecule has 0 saturated carbocycles. The van der Waals surface area contributed by atoms with Crippen LogP contribution < -0.4 is 14.1 Å². The molecular formula is C29H21ClN2O6S. The molecule has 4 aromatic rings. The van der Waals surface area contributed by atoms with E-state index in [4.69, 9.17) is 20.6 Å². The van der Waals surface area contributed by atoms with E-state index in [2.05, 4.69) is 0 Å². The number of fused-ring (bicyclic) bond motifs is 1. The van der Waals surface area contributed by atoms with Crippen LogP contribution in [0.2, 0.25) is 5.02 Å². The van der Waals surface area contributed by atoms with Crippen molar-refractivity contribution in [2.24, 2.45) is 5.92 Å². The number of hydrogen-bond donors (Lipinski definition) is 0. The number of halogens is 1. The van der Waals surface area contributed by atoms with Gasteiger partial charge in [-0.05, 0) is 54.6 Å². The Morgan fingerprint density at radius 1 is 0.718 bits per heavy atom. The molecule has 0 spiro atoms. The normalized spacial score (nSPS) is 20.8. The minimum absolute atomic E-state index is 0.0127. The molecule has 0 N–H and O–H groups in total. The summed E-state index contributed by atoms with van der Waals surface area (Å²) in [5.41, 5.74) is 1.34. The van der Waals surface area contributed by atoms with Gasteiger partial charge in [0.25, 0.3) is 5.91 Å². The lowest BCUT2D eigenvalue weighted by Gasteiger charge is -2.29. The highest BCUT2D eigenvalue weighted by molar-refractivity contribution is 7.87. The van der Waals surface area contributed by atoms with Gasteiger partial charge in [0.05, 0.1) is 17.4 Å². The number of anilines is 2. The fourth-order valence-corrected chi connectivity index (χ4v) is 6.03. The quantitative estimate of drug-likeness (QED) is 0.237. The summed E-state index contributed by atoms with van der Waals surface area (Å²) in [4.78, 5) is 34.6. The number of amides is 2. The Hall–Kier alpha value is -4.18. The molecule has 2 amide bonds. The topological polar surface area (TPSA) is 93.2 Å². The van der Waals surface area contributed by atoms with Gasteiger partial charge in [0.1, 0.15) is 16.6 Å². The van der Waals surface area contributed by atoms with E-state index in [1.165, 1.54) is 23.3 Å². The number of hydroxylamine groups is 1. The average Bonchev–Trinajstić information content (AvgIpc) is 3.46. The van der Waals surface area contributed by atoms with E-state index >= 15 is 0 Å². The second-order valence-electron chi connectivity index (χ2n) is 9.03. The molecular weight excluding hydrogens is 540 g/mol. The Morgan fingerprint density at radius 2 is 1.33 bits per heavy atom. The fourth-order valence-electron chi connectivity index (χ4n) is 4.93. The molecule has 196 valence electrons. The smallest absolute Gasteiger partial charge is 0.339 e. The van der Waals surface area contributed by atoms with Crippen molar-refractivity contribution >= 4 is 44.9 Å². The minimum atomic E-state index is -4.19. The number of benzene rings is 4. The summed E-state index contributed by atoms with van der Waals surface area (Å²) in [6.45, 7) is 0. The van der Waals surface area contributed by atoms with E-state index in [1.807, 2.05) is 6.07 Å². The standard InChI is InChI=1S/C29H21ClN2O6S/c30-19-15-17-20(18-16-19)31-28(33)25-26(32(37-27(25)29(31)34)21-9-3-1-4-10-21)23-13-7-8-14-24(23)38-39(35,36)22-11-5-2-6-12-22/h1-18,25-27H/t25-,26+,27-/m1/s1. The molecule has 2 aliphatic rings. The third kappa shape index (κ3) is 4.44. The molecule has 2 aliphatic heterocycles. The minimum Gasteiger partial charge on any atom is -0.379 e. The highest BCUT2D eigenvalue weighted by Gasteiger charge is 2.60. The molecule has 2 fully saturated rings. The number of nitrogens with zero attached hydrogens (tertiary/aromatic N) is 2. The molecule has 6 rings (SSSR count). The van der Waals surface area contributed by atoms with Crippen molar-refractivity contribution in [2.45, 2.75) is 17.0 Å². The first-order valence-electron chi connectivity index (χ1n) is 12.1. The summed E-state index contributed by atoms with van der Waals surface area (Å²) in [7, 11) is -4.19. The summed E-state index contributed by atoms with van der Waals surface area (Å²) >= 11 is 6.01. The van der Waals surface area contributed by atoms with Gasteiger partial charge in [0, 0.05) is 10.6 Å². The largest absolute Gasteiger partial charge is 0.379 e. The van der Waals surface area contributed by atoms with Gasteiger partial charge in [-0.25, -0.2) is 9.96 Å². The molecule has 4 aromatic carbocycles. The lowest BCUT2D eigenvalue weighted by atomic mass is 9.90. The van der Waals surface area contributed by atoms with E-state index in [0.717, 1.165) is 4.90 Å². The van der Waals surface area contributed by atoms with Crippen molar-refractivity contribution in [1.82, 2.24) is 0 Å². The maximum atomic E-state index is 13.9. The second kappa shape index (κ2) is 9.85. The summed E-state index contributed by atoms with van der Waals surface area (Å²) in [5, 5.41) is 1.95. The van der Waals surface area contributed by atoms with Crippen LogP contribution in [0.5, 0.6) is 5.75 Å². The van der Waals surface area contributed by atoms with Gasteiger partial charge in [-0.1, -0.05) is 66.2 Å². The van der Waals surface area contributed by atoms with Gasteiger partial charge >= 0.3 is 10.1 Å². The summed E-state index contributed by atoms with van der Waals surface area (Å²) in [6, 6.07) is 28.8. The zero-order valence-electron chi connectivity index (χ0n) is 20.3. The number of para-hydroxylation sites is 2. The Kier molecular flexibility index (Phi) is 6.34. The molecule has 0 aromatic heterocycles. The van der Waals surface area contributed by atoms with Gasteiger partial charge in [-0.15, -0.1) is 0 Å². The molecule has 0 unspecified atom stereocenters. The number of imide groups is 1. The molecule has 0 bridgehead atoms. The van der Waals surface area contributed by atoms with E-state index in [9.17, 15) is 18.0 Å². The van der Waals surface area contributed by atoms with Crippen LogP contribution in [0.4, 0.5) is 11.4 Å². The van der Waals surface area contributed by atoms with Crippen LogP contribution in [0.3, 0.4) is 0 Å². The molecule has 3 atom stereocenters. The Bertz CT molecular complexity index is 1650. The van der Waals surface area contributed by atoms with E-state index in [-0.39, 0.29) is 10.6 Å². The zero-order chi connectivity index (χ0) is 27.1. The van der Waals surface area contributed by atoms with E-state index < -0.39 is 40.0 Å². The first-order chi connectivity index (χ1) is 18.8. The predicted molar refractivity (Wildman–Crippen MR) is 145 cm³/mol. The molecule has 0 radical (unpaired) electrons. The summed E-state index contributed by atoms with van der Waals surface area (Å²) in [5.74, 6) is -1.94. The second-order valence-corrected chi connectivity index (χ2v) is 11.0. The molecule has 0 aliphatic carbocycles. The summed E-state index contributed by atoms with van der Waals surface area (Å²) in [6.07, 6.45) is -1.13. The Balaban J connectivity index is 1.44. The molecule has 10 heteroatoms. The number of rotatable bonds is 6. The maximum absolute atomic E-state index is 13.9. The fraction of sp³-hybridized carbons (Fsp3) is 0.103. The number of carbonyl (C=O) groups excluding carboxylic acids is 2. The van der Waals surface area contributed by atoms with Gasteiger partial charge in [-0.2, -0.15) is 8.42 Å². The predicted octanol–water partition coefficient (Wildman–Crippen LogP) is 5.16. The van der Waals surface area contributed by atoms with Crippen LogP contribution in [-0.2, 0) is 24.5 Å². The van der Waals surface area contributed by atoms with Crippen molar-refractivity contribution in [1.29, 1.82) is 0 Å². The Labute approximate surface area is 230 Å². The lowest BCUT2D eigenvalue weighted by molar-refractivity contribution is -0.126. The average molecular weight is 561 g/mol. The van der Waals surface area contributed by atoms with Crippen LogP contribution >= 0.6 is 11.6 Å². The van der Waals surface area contributed by atoms with Crippen molar-refractivity contribution in [2.75, 3.05) is 9.96 Å². The van der Waals surface area contributed by atoms with Crippen LogP contribution in [0.25, 0.3) is 0 Å². The van der Waals surface area contributed by atoms with Gasteiger partial charge < -0.3 is 4.18 Å². The molecule has 2 heterocycles. The zero-order valence-corrected chi connectivity index (χ0v) is 21.8. The van der Waals surface area contributed by atoms with Gasteiger partial charge in [0.15, 0.2) is 6.10 Å². The first kappa shape index (κ1) is 25.1. The van der Waals surface area contributed by atoms with Crippen LogP contribution in [0.1, 0.15) is 11.6 Å². The van der Waals surface area contributed by atoms with Crippen molar-refractivity contribution in [3.8, 4) is 5.75 Å². The SMILES string of the molecule is O=C1[C@H]2[C@@H](ON(c3ccccc3)[C@H]2c2ccccc2OS(=O)(=O)c2ccccc2)C(=O)N1c1ccc(Cl)cc1. The molecule has 2 saturated heterocycles. The van der Waals surface area contributed by atoms with Crippen LogP contribution in [0.15, 0.2) is 114 Å². The van der Waals surface area contributed by atoms with Crippen molar-refractivity contribution < 1.29 is 27.0 Å². The third-order valence-electron chi connectivity index (χ3n) is 6.68. The van der Waals surface area contributed by atoms with Gasteiger partial charge in [0.2, 0.25) is 5.91 Å². The monoisotopic (exact) mass is 560 g/mol. The van der Waals surface area contributed by atoms with E-state index in [1.54, 1.807) is 84.9 Å². The van der Waals surface area contributed by atoms with E-state index in [0.29, 0.717) is 22.0 Å². The molecule has 8 nitrogen and oxygen atoms in total. The van der Waals surface area contributed by atoms with Gasteiger partial charge in [-0.3, -0.25) is 14.4 Å². The maximum Gasteiger partial charge on any atom is 0.339 e. The lowest BCUT2D eigenvalue weighted by Crippen LogP contribution is -2.37. The number of carbonyl (C=O) groups is 2. The van der Waals surface area contributed by atoms with Crippen molar-refractivity contribution in [3.63, 3.8) is 0 Å². The van der Waals surface area contributed by atoms with Crippen LogP contribution in [-0.4, -0.2) is 26.3 Å². The first-order valence-corrected chi connectivity index (χ1v) is 13.9.